The molecule has 0 heterocycles. The first-order valence-corrected chi connectivity index (χ1v) is 9.74. The Labute approximate surface area is 145 Å². The van der Waals surface area contributed by atoms with Gasteiger partial charge < -0.3 is 5.11 Å². The first kappa shape index (κ1) is 16.4. The predicted octanol–water partition coefficient (Wildman–Crippen LogP) is 6.49. The summed E-state index contributed by atoms with van der Waals surface area (Å²) in [5.74, 6) is 3.07. The zero-order chi connectivity index (χ0) is 17.3. The van der Waals surface area contributed by atoms with Crippen LogP contribution in [-0.4, -0.2) is 5.11 Å². The highest BCUT2D eigenvalue weighted by molar-refractivity contribution is 5.37. The summed E-state index contributed by atoms with van der Waals surface area (Å²) in [5.41, 5.74) is 2.73. The highest BCUT2D eigenvalue weighted by Crippen LogP contribution is 2.67. The largest absolute Gasteiger partial charge is 0.512 e. The van der Waals surface area contributed by atoms with Gasteiger partial charge in [-0.25, -0.2) is 4.39 Å². The normalized spacial score (nSPS) is 49.5. The quantitative estimate of drug-likeness (QED) is 0.538. The van der Waals surface area contributed by atoms with E-state index in [1.165, 1.54) is 12.0 Å². The summed E-state index contributed by atoms with van der Waals surface area (Å²) in [7, 11) is 0. The molecule has 0 bridgehead atoms. The highest BCUT2D eigenvalue weighted by Gasteiger charge is 2.58. The van der Waals surface area contributed by atoms with Crippen LogP contribution in [0.2, 0.25) is 0 Å². The lowest BCUT2D eigenvalue weighted by Crippen LogP contribution is -2.50. The average Bonchev–Trinajstić information content (AvgIpc) is 2.86. The maximum Gasteiger partial charge on any atom is 0.0966 e. The van der Waals surface area contributed by atoms with Crippen molar-refractivity contribution in [2.45, 2.75) is 66.2 Å². The third-order valence-corrected chi connectivity index (χ3v) is 8.50. The predicted molar refractivity (Wildman–Crippen MR) is 96.2 cm³/mol. The van der Waals surface area contributed by atoms with E-state index in [2.05, 4.69) is 26.8 Å². The van der Waals surface area contributed by atoms with E-state index in [9.17, 15) is 9.50 Å². The van der Waals surface area contributed by atoms with E-state index < -0.39 is 0 Å². The van der Waals surface area contributed by atoms with Crippen LogP contribution in [0.3, 0.4) is 0 Å². The lowest BCUT2D eigenvalue weighted by atomic mass is 9.46. The molecule has 0 aromatic rings. The van der Waals surface area contributed by atoms with Crippen molar-refractivity contribution in [3.05, 3.63) is 34.9 Å². The van der Waals surface area contributed by atoms with Crippen molar-refractivity contribution in [3.8, 4) is 0 Å². The summed E-state index contributed by atoms with van der Waals surface area (Å²) in [4.78, 5) is 0. The van der Waals surface area contributed by atoms with Gasteiger partial charge >= 0.3 is 0 Å². The SMILES string of the molecule is C/C(F)=C1/CCC2C3CC=C4C=C(O)C[C@H](C)C4(C)C3CCC12C. The van der Waals surface area contributed by atoms with Gasteiger partial charge in [-0.1, -0.05) is 26.8 Å². The molecule has 2 heteroatoms. The Bertz CT molecular complexity index is 653. The van der Waals surface area contributed by atoms with E-state index in [0.29, 0.717) is 29.4 Å². The number of halogens is 1. The number of allylic oxidation sites excluding steroid dienone is 6. The van der Waals surface area contributed by atoms with Gasteiger partial charge in [0.25, 0.3) is 0 Å². The second kappa shape index (κ2) is 5.22. The van der Waals surface area contributed by atoms with Gasteiger partial charge in [0.05, 0.1) is 11.6 Å². The Morgan fingerprint density at radius 2 is 2.00 bits per heavy atom. The van der Waals surface area contributed by atoms with Crippen molar-refractivity contribution < 1.29 is 9.50 Å². The molecule has 0 spiro atoms. The topological polar surface area (TPSA) is 20.2 Å². The molecular weight excluding hydrogens is 299 g/mol. The number of aliphatic hydroxyl groups excluding tert-OH is 1. The summed E-state index contributed by atoms with van der Waals surface area (Å²) < 4.78 is 14.1. The van der Waals surface area contributed by atoms with E-state index in [1.54, 1.807) is 6.92 Å². The van der Waals surface area contributed by atoms with Crippen LogP contribution in [-0.2, 0) is 0 Å². The molecule has 0 radical (unpaired) electrons. The Hall–Kier alpha value is -1.05. The summed E-state index contributed by atoms with van der Waals surface area (Å²) in [6, 6.07) is 0. The zero-order valence-electron chi connectivity index (χ0n) is 15.5. The van der Waals surface area contributed by atoms with Gasteiger partial charge in [0, 0.05) is 6.42 Å². The van der Waals surface area contributed by atoms with Gasteiger partial charge in [0.15, 0.2) is 0 Å². The minimum Gasteiger partial charge on any atom is -0.512 e. The van der Waals surface area contributed by atoms with Gasteiger partial charge in [0.1, 0.15) is 0 Å². The molecule has 2 saturated carbocycles. The molecule has 6 atom stereocenters. The number of hydrogen-bond donors (Lipinski definition) is 1. The third kappa shape index (κ3) is 1.98. The average molecular weight is 330 g/mol. The van der Waals surface area contributed by atoms with E-state index in [0.717, 1.165) is 37.7 Å². The fourth-order valence-electron chi connectivity index (χ4n) is 7.06. The molecule has 24 heavy (non-hydrogen) atoms. The molecular formula is C22H31FO. The number of rotatable bonds is 0. The third-order valence-electron chi connectivity index (χ3n) is 8.50. The molecule has 2 fully saturated rings. The Balaban J connectivity index is 1.75. The molecule has 5 unspecified atom stereocenters. The van der Waals surface area contributed by atoms with Crippen molar-refractivity contribution >= 4 is 0 Å². The molecule has 0 aliphatic heterocycles. The van der Waals surface area contributed by atoms with Crippen LogP contribution >= 0.6 is 0 Å². The number of fused-ring (bicyclic) bond motifs is 5. The van der Waals surface area contributed by atoms with E-state index in [1.807, 2.05) is 6.08 Å². The van der Waals surface area contributed by atoms with E-state index in [-0.39, 0.29) is 16.7 Å². The second-order valence-electron chi connectivity index (χ2n) is 9.30. The van der Waals surface area contributed by atoms with Crippen LogP contribution < -0.4 is 0 Å². The molecule has 0 aromatic heterocycles. The van der Waals surface area contributed by atoms with Gasteiger partial charge in [-0.2, -0.15) is 0 Å². The number of hydrogen-bond acceptors (Lipinski definition) is 1. The van der Waals surface area contributed by atoms with Crippen LogP contribution in [0.5, 0.6) is 0 Å². The Morgan fingerprint density at radius 1 is 1.25 bits per heavy atom. The van der Waals surface area contributed by atoms with Crippen molar-refractivity contribution in [1.82, 2.24) is 0 Å². The number of aliphatic hydroxyl groups is 1. The highest BCUT2D eigenvalue weighted by atomic mass is 19.1. The molecule has 4 rings (SSSR count). The zero-order valence-corrected chi connectivity index (χ0v) is 15.5. The molecule has 4 aliphatic carbocycles. The molecule has 1 nitrogen and oxygen atoms in total. The summed E-state index contributed by atoms with van der Waals surface area (Å²) in [5, 5.41) is 10.1. The van der Waals surface area contributed by atoms with Gasteiger partial charge in [-0.3, -0.25) is 0 Å². The second-order valence-corrected chi connectivity index (χ2v) is 9.30. The molecule has 132 valence electrons. The van der Waals surface area contributed by atoms with Gasteiger partial charge in [-0.15, -0.1) is 0 Å². The minimum absolute atomic E-state index is 0.0793. The van der Waals surface area contributed by atoms with Gasteiger partial charge in [0.2, 0.25) is 0 Å². The lowest BCUT2D eigenvalue weighted by molar-refractivity contribution is -0.0285. The summed E-state index contributed by atoms with van der Waals surface area (Å²) in [6.07, 6.45) is 10.8. The molecule has 1 N–H and O–H groups in total. The van der Waals surface area contributed by atoms with Crippen molar-refractivity contribution in [1.29, 1.82) is 0 Å². The van der Waals surface area contributed by atoms with Crippen LogP contribution in [0.4, 0.5) is 4.39 Å². The monoisotopic (exact) mass is 330 g/mol. The first-order valence-electron chi connectivity index (χ1n) is 9.74. The molecule has 0 saturated heterocycles. The fraction of sp³-hybridized carbons (Fsp3) is 0.727. The van der Waals surface area contributed by atoms with Crippen LogP contribution in [0.25, 0.3) is 0 Å². The van der Waals surface area contributed by atoms with Crippen LogP contribution in [0, 0.1) is 34.5 Å². The van der Waals surface area contributed by atoms with E-state index >= 15 is 0 Å². The first-order chi connectivity index (χ1) is 11.3. The maximum atomic E-state index is 14.1. The molecule has 0 amide bonds. The maximum absolute atomic E-state index is 14.1. The summed E-state index contributed by atoms with van der Waals surface area (Å²) >= 11 is 0. The fourth-order valence-corrected chi connectivity index (χ4v) is 7.06. The van der Waals surface area contributed by atoms with Crippen LogP contribution in [0.1, 0.15) is 66.2 Å². The molecule has 0 aromatic carbocycles. The Morgan fingerprint density at radius 3 is 2.71 bits per heavy atom. The van der Waals surface area contributed by atoms with Crippen molar-refractivity contribution in [2.24, 2.45) is 34.5 Å². The smallest absolute Gasteiger partial charge is 0.0966 e. The standard InChI is InChI=1S/C22H31FO/c1-13-11-16(24)12-15-5-6-17-19-8-7-18(14(2)23)21(19,3)10-9-20(17)22(13,15)4/h5,12-13,17,19-20,24H,6-11H2,1-4H3/b18-14+/t13-,17?,19?,20?,21?,22?/m0/s1. The van der Waals surface area contributed by atoms with Crippen molar-refractivity contribution in [2.75, 3.05) is 0 Å². The van der Waals surface area contributed by atoms with Gasteiger partial charge in [-0.05, 0) is 90.8 Å². The van der Waals surface area contributed by atoms with E-state index in [4.69, 9.17) is 0 Å². The van der Waals surface area contributed by atoms with Crippen molar-refractivity contribution in [3.63, 3.8) is 0 Å². The Kier molecular flexibility index (Phi) is 3.57. The molecule has 4 aliphatic rings. The summed E-state index contributed by atoms with van der Waals surface area (Å²) in [6.45, 7) is 8.72. The minimum atomic E-state index is 0.0793. The lowest BCUT2D eigenvalue weighted by Gasteiger charge is -2.58. The van der Waals surface area contributed by atoms with Crippen LogP contribution in [0.15, 0.2) is 34.9 Å².